The van der Waals surface area contributed by atoms with Crippen LogP contribution in [0.3, 0.4) is 0 Å². The number of hydrogen-bond donors (Lipinski definition) is 1. The summed E-state index contributed by atoms with van der Waals surface area (Å²) in [5, 5.41) is 0. The van der Waals surface area contributed by atoms with E-state index in [1.54, 1.807) is 12.3 Å². The fourth-order valence-corrected chi connectivity index (χ4v) is 1.85. The lowest BCUT2D eigenvalue weighted by molar-refractivity contribution is 0.0900. The average Bonchev–Trinajstić information content (AvgIpc) is 2.69. The minimum Gasteiger partial charge on any atom is -0.383 e. The highest BCUT2D eigenvalue weighted by Gasteiger charge is 2.27. The normalized spacial score (nSPS) is 20.5. The first-order valence-electron chi connectivity index (χ1n) is 5.03. The van der Waals surface area contributed by atoms with E-state index in [4.69, 9.17) is 10.5 Å². The predicted octanol–water partition coefficient (Wildman–Crippen LogP) is 1.19. The van der Waals surface area contributed by atoms with Gasteiger partial charge < -0.3 is 10.5 Å². The SMILES string of the molecule is Cc1ccnc(N)c1C(=O)C1CCOC1. The van der Waals surface area contributed by atoms with Crippen molar-refractivity contribution in [3.8, 4) is 0 Å². The molecule has 0 spiro atoms. The van der Waals surface area contributed by atoms with Crippen LogP contribution in [0.1, 0.15) is 22.3 Å². The van der Waals surface area contributed by atoms with Crippen molar-refractivity contribution in [2.45, 2.75) is 13.3 Å². The van der Waals surface area contributed by atoms with Gasteiger partial charge in [0.1, 0.15) is 5.82 Å². The molecule has 1 atom stereocenters. The Labute approximate surface area is 88.4 Å². The van der Waals surface area contributed by atoms with E-state index in [-0.39, 0.29) is 11.7 Å². The summed E-state index contributed by atoms with van der Waals surface area (Å²) >= 11 is 0. The highest BCUT2D eigenvalue weighted by Crippen LogP contribution is 2.23. The first-order chi connectivity index (χ1) is 7.20. The standard InChI is InChI=1S/C11H14N2O2/c1-7-2-4-13-11(12)9(7)10(14)8-3-5-15-6-8/h2,4,8H,3,5-6H2,1H3,(H2,12,13). The number of aryl methyl sites for hydroxylation is 1. The summed E-state index contributed by atoms with van der Waals surface area (Å²) in [7, 11) is 0. The maximum atomic E-state index is 12.1. The molecule has 0 amide bonds. The molecular formula is C11H14N2O2. The van der Waals surface area contributed by atoms with Crippen LogP contribution in [0.5, 0.6) is 0 Å². The van der Waals surface area contributed by atoms with Crippen molar-refractivity contribution in [3.05, 3.63) is 23.4 Å². The monoisotopic (exact) mass is 206 g/mol. The van der Waals surface area contributed by atoms with Crippen molar-refractivity contribution in [2.75, 3.05) is 18.9 Å². The smallest absolute Gasteiger partial charge is 0.172 e. The topological polar surface area (TPSA) is 65.2 Å². The third kappa shape index (κ3) is 1.85. The lowest BCUT2D eigenvalue weighted by Crippen LogP contribution is -2.18. The van der Waals surface area contributed by atoms with Crippen molar-refractivity contribution in [2.24, 2.45) is 5.92 Å². The molecule has 4 heteroatoms. The second-order valence-electron chi connectivity index (χ2n) is 3.81. The Morgan fingerprint density at radius 2 is 2.47 bits per heavy atom. The van der Waals surface area contributed by atoms with E-state index in [0.29, 0.717) is 24.6 Å². The van der Waals surface area contributed by atoms with Gasteiger partial charge in [-0.1, -0.05) is 0 Å². The molecule has 1 aromatic rings. The van der Waals surface area contributed by atoms with Gasteiger partial charge in [-0.15, -0.1) is 0 Å². The Bertz CT molecular complexity index is 364. The Hall–Kier alpha value is -1.42. The molecular weight excluding hydrogens is 192 g/mol. The van der Waals surface area contributed by atoms with E-state index >= 15 is 0 Å². The van der Waals surface area contributed by atoms with E-state index < -0.39 is 0 Å². The number of pyridine rings is 1. The molecule has 1 fully saturated rings. The summed E-state index contributed by atoms with van der Waals surface area (Å²) in [5.74, 6) is 0.345. The fourth-order valence-electron chi connectivity index (χ4n) is 1.85. The summed E-state index contributed by atoms with van der Waals surface area (Å²) in [6.07, 6.45) is 2.40. The number of nitrogens with two attached hydrogens (primary N) is 1. The molecule has 0 aromatic carbocycles. The van der Waals surface area contributed by atoms with Gasteiger partial charge in [0.25, 0.3) is 0 Å². The van der Waals surface area contributed by atoms with Gasteiger partial charge in [0, 0.05) is 18.7 Å². The molecule has 2 rings (SSSR count). The molecule has 2 N–H and O–H groups in total. The third-order valence-electron chi connectivity index (χ3n) is 2.74. The van der Waals surface area contributed by atoms with Crippen molar-refractivity contribution in [1.29, 1.82) is 0 Å². The highest BCUT2D eigenvalue weighted by molar-refractivity contribution is 6.02. The molecule has 1 unspecified atom stereocenters. The lowest BCUT2D eigenvalue weighted by Gasteiger charge is -2.10. The van der Waals surface area contributed by atoms with Crippen LogP contribution in [0.25, 0.3) is 0 Å². The summed E-state index contributed by atoms with van der Waals surface area (Å²) in [6.45, 7) is 3.04. The summed E-state index contributed by atoms with van der Waals surface area (Å²) in [6, 6.07) is 1.80. The van der Waals surface area contributed by atoms with Crippen LogP contribution in [0.2, 0.25) is 0 Å². The molecule has 1 aromatic heterocycles. The van der Waals surface area contributed by atoms with Crippen LogP contribution >= 0.6 is 0 Å². The predicted molar refractivity (Wildman–Crippen MR) is 56.6 cm³/mol. The zero-order chi connectivity index (χ0) is 10.8. The van der Waals surface area contributed by atoms with E-state index in [0.717, 1.165) is 12.0 Å². The fraction of sp³-hybridized carbons (Fsp3) is 0.455. The Kier molecular flexibility index (Phi) is 2.68. The molecule has 0 bridgehead atoms. The Morgan fingerprint density at radius 1 is 1.67 bits per heavy atom. The third-order valence-corrected chi connectivity index (χ3v) is 2.74. The first-order valence-corrected chi connectivity index (χ1v) is 5.03. The quantitative estimate of drug-likeness (QED) is 0.738. The van der Waals surface area contributed by atoms with Gasteiger partial charge in [-0.25, -0.2) is 4.98 Å². The van der Waals surface area contributed by atoms with Crippen molar-refractivity contribution < 1.29 is 9.53 Å². The molecule has 80 valence electrons. The number of carbonyl (C=O) groups excluding carboxylic acids is 1. The molecule has 15 heavy (non-hydrogen) atoms. The van der Waals surface area contributed by atoms with E-state index in [1.165, 1.54) is 0 Å². The highest BCUT2D eigenvalue weighted by atomic mass is 16.5. The Morgan fingerprint density at radius 3 is 3.07 bits per heavy atom. The molecule has 2 heterocycles. The van der Waals surface area contributed by atoms with Crippen molar-refractivity contribution in [1.82, 2.24) is 4.98 Å². The number of nitrogens with zero attached hydrogens (tertiary/aromatic N) is 1. The molecule has 4 nitrogen and oxygen atoms in total. The molecule has 0 radical (unpaired) electrons. The van der Waals surface area contributed by atoms with Gasteiger partial charge in [-0.05, 0) is 25.0 Å². The zero-order valence-electron chi connectivity index (χ0n) is 8.69. The number of ether oxygens (including phenoxy) is 1. The average molecular weight is 206 g/mol. The number of nitrogen functional groups attached to an aromatic ring is 1. The van der Waals surface area contributed by atoms with Crippen LogP contribution in [-0.4, -0.2) is 24.0 Å². The van der Waals surface area contributed by atoms with Gasteiger partial charge in [0.15, 0.2) is 5.78 Å². The Balaban J connectivity index is 2.32. The number of carbonyl (C=O) groups is 1. The molecule has 1 aliphatic heterocycles. The molecule has 1 saturated heterocycles. The van der Waals surface area contributed by atoms with E-state index in [9.17, 15) is 4.79 Å². The second kappa shape index (κ2) is 3.98. The summed E-state index contributed by atoms with van der Waals surface area (Å²) in [5.41, 5.74) is 7.17. The number of ketones is 1. The maximum Gasteiger partial charge on any atom is 0.172 e. The van der Waals surface area contributed by atoms with Crippen LogP contribution in [-0.2, 0) is 4.74 Å². The lowest BCUT2D eigenvalue weighted by atomic mass is 9.95. The van der Waals surface area contributed by atoms with Crippen molar-refractivity contribution in [3.63, 3.8) is 0 Å². The summed E-state index contributed by atoms with van der Waals surface area (Å²) in [4.78, 5) is 16.0. The van der Waals surface area contributed by atoms with Gasteiger partial charge in [0.05, 0.1) is 12.2 Å². The largest absolute Gasteiger partial charge is 0.383 e. The van der Waals surface area contributed by atoms with Crippen LogP contribution < -0.4 is 5.73 Å². The minimum atomic E-state index is -0.0461. The molecule has 0 aliphatic carbocycles. The van der Waals surface area contributed by atoms with Crippen LogP contribution in [0.15, 0.2) is 12.3 Å². The van der Waals surface area contributed by atoms with Crippen LogP contribution in [0.4, 0.5) is 5.82 Å². The zero-order valence-corrected chi connectivity index (χ0v) is 8.69. The van der Waals surface area contributed by atoms with Gasteiger partial charge in [-0.2, -0.15) is 0 Å². The maximum absolute atomic E-state index is 12.1. The number of anilines is 1. The van der Waals surface area contributed by atoms with E-state index in [2.05, 4.69) is 4.98 Å². The minimum absolute atomic E-state index is 0.0461. The van der Waals surface area contributed by atoms with Crippen molar-refractivity contribution >= 4 is 11.6 Å². The van der Waals surface area contributed by atoms with Crippen LogP contribution in [0, 0.1) is 12.8 Å². The number of Topliss-reactive ketones (excluding diaryl/α,β-unsaturated/α-hetero) is 1. The van der Waals surface area contributed by atoms with E-state index in [1.807, 2.05) is 6.92 Å². The number of rotatable bonds is 2. The number of hydrogen-bond acceptors (Lipinski definition) is 4. The first kappa shape index (κ1) is 10.1. The van der Waals surface area contributed by atoms with Gasteiger partial charge in [-0.3, -0.25) is 4.79 Å². The van der Waals surface area contributed by atoms with Gasteiger partial charge >= 0.3 is 0 Å². The number of aromatic nitrogens is 1. The molecule has 0 saturated carbocycles. The summed E-state index contributed by atoms with van der Waals surface area (Å²) < 4.78 is 5.20. The van der Waals surface area contributed by atoms with Gasteiger partial charge in [0.2, 0.25) is 0 Å². The second-order valence-corrected chi connectivity index (χ2v) is 3.81. The molecule has 1 aliphatic rings.